The molecule has 3 nitrogen and oxygen atoms in total. The summed E-state index contributed by atoms with van der Waals surface area (Å²) in [6.07, 6.45) is 9.08. The molecule has 0 aromatic heterocycles. The predicted molar refractivity (Wildman–Crippen MR) is 55.0 cm³/mol. The van der Waals surface area contributed by atoms with Crippen molar-refractivity contribution in [3.8, 4) is 0 Å². The zero-order valence-electron chi connectivity index (χ0n) is 8.65. The lowest BCUT2D eigenvalue weighted by atomic mass is 10.2. The van der Waals surface area contributed by atoms with Gasteiger partial charge in [0.05, 0.1) is 6.61 Å². The fourth-order valence-electron chi connectivity index (χ4n) is 1.42. The van der Waals surface area contributed by atoms with Gasteiger partial charge in [0, 0.05) is 13.2 Å². The minimum absolute atomic E-state index is 0.0231. The molecular weight excluding hydrogens is 180 g/mol. The highest BCUT2D eigenvalue weighted by molar-refractivity contribution is 4.80. The molecule has 0 amide bonds. The van der Waals surface area contributed by atoms with E-state index >= 15 is 0 Å². The lowest BCUT2D eigenvalue weighted by Crippen LogP contribution is -2.22. The first-order chi connectivity index (χ1) is 6.93. The second kappa shape index (κ2) is 7.97. The normalized spacial score (nSPS) is 23.1. The smallest absolute Gasteiger partial charge is 0.157 e. The van der Waals surface area contributed by atoms with Crippen molar-refractivity contribution in [1.82, 2.24) is 0 Å². The van der Waals surface area contributed by atoms with Crippen LogP contribution in [-0.2, 0) is 9.47 Å². The molecule has 0 aromatic carbocycles. The highest BCUT2D eigenvalue weighted by Crippen LogP contribution is 2.13. The van der Waals surface area contributed by atoms with Crippen molar-refractivity contribution in [2.24, 2.45) is 0 Å². The Balaban J connectivity index is 1.92. The zero-order chi connectivity index (χ0) is 10.1. The van der Waals surface area contributed by atoms with Gasteiger partial charge in [-0.25, -0.2) is 0 Å². The van der Waals surface area contributed by atoms with E-state index in [4.69, 9.17) is 14.6 Å². The third-order valence-corrected chi connectivity index (χ3v) is 2.19. The third-order valence-electron chi connectivity index (χ3n) is 2.19. The van der Waals surface area contributed by atoms with Crippen molar-refractivity contribution in [2.45, 2.75) is 38.4 Å². The van der Waals surface area contributed by atoms with Crippen LogP contribution in [0, 0.1) is 0 Å². The second-order valence-electron chi connectivity index (χ2n) is 3.44. The fraction of sp³-hybridized carbons (Fsp3) is 0.818. The summed E-state index contributed by atoms with van der Waals surface area (Å²) in [7, 11) is 0. The molecule has 1 aliphatic rings. The Morgan fingerprint density at radius 1 is 1.29 bits per heavy atom. The summed E-state index contributed by atoms with van der Waals surface area (Å²) < 4.78 is 10.9. The summed E-state index contributed by atoms with van der Waals surface area (Å²) in [5.74, 6) is 0. The van der Waals surface area contributed by atoms with Crippen molar-refractivity contribution in [1.29, 1.82) is 0 Å². The SMILES string of the molecule is OCC/C=C\CCOC1CCCCO1. The molecule has 0 aromatic rings. The van der Waals surface area contributed by atoms with E-state index in [2.05, 4.69) is 0 Å². The maximum Gasteiger partial charge on any atom is 0.157 e. The number of aliphatic hydroxyl groups excluding tert-OH is 1. The first-order valence-electron chi connectivity index (χ1n) is 5.42. The van der Waals surface area contributed by atoms with E-state index in [0.717, 1.165) is 32.3 Å². The Morgan fingerprint density at radius 2 is 2.14 bits per heavy atom. The van der Waals surface area contributed by atoms with Gasteiger partial charge >= 0.3 is 0 Å². The summed E-state index contributed by atoms with van der Waals surface area (Å²) in [4.78, 5) is 0. The van der Waals surface area contributed by atoms with Crippen LogP contribution in [0.15, 0.2) is 12.2 Å². The fourth-order valence-corrected chi connectivity index (χ4v) is 1.42. The van der Waals surface area contributed by atoms with Crippen LogP contribution in [0.5, 0.6) is 0 Å². The van der Waals surface area contributed by atoms with E-state index < -0.39 is 0 Å². The van der Waals surface area contributed by atoms with Crippen LogP contribution in [0.2, 0.25) is 0 Å². The minimum atomic E-state index is 0.0231. The van der Waals surface area contributed by atoms with Gasteiger partial charge < -0.3 is 14.6 Å². The van der Waals surface area contributed by atoms with E-state index in [-0.39, 0.29) is 12.9 Å². The monoisotopic (exact) mass is 200 g/mol. The second-order valence-corrected chi connectivity index (χ2v) is 3.44. The number of aliphatic hydroxyl groups is 1. The van der Waals surface area contributed by atoms with Crippen molar-refractivity contribution >= 4 is 0 Å². The molecule has 1 N–H and O–H groups in total. The van der Waals surface area contributed by atoms with Gasteiger partial charge in [-0.05, 0) is 32.1 Å². The Hall–Kier alpha value is -0.380. The predicted octanol–water partition coefficient (Wildman–Crippen LogP) is 1.86. The average Bonchev–Trinajstić information content (AvgIpc) is 2.25. The molecule has 1 atom stereocenters. The standard InChI is InChI=1S/C11H20O3/c12-8-4-1-2-5-9-13-11-7-3-6-10-14-11/h1-2,11-12H,3-10H2/b2-1-. The van der Waals surface area contributed by atoms with Crippen LogP contribution in [0.3, 0.4) is 0 Å². The molecule has 1 unspecified atom stereocenters. The van der Waals surface area contributed by atoms with Crippen LogP contribution in [0.4, 0.5) is 0 Å². The van der Waals surface area contributed by atoms with E-state index in [1.54, 1.807) is 0 Å². The Bertz CT molecular complexity index is 151. The maximum atomic E-state index is 8.52. The molecule has 1 saturated heterocycles. The summed E-state index contributed by atoms with van der Waals surface area (Å²) in [6.45, 7) is 1.78. The minimum Gasteiger partial charge on any atom is -0.396 e. The largest absolute Gasteiger partial charge is 0.396 e. The number of hydrogen-bond acceptors (Lipinski definition) is 3. The first kappa shape index (κ1) is 11.7. The molecule has 0 aliphatic carbocycles. The topological polar surface area (TPSA) is 38.7 Å². The van der Waals surface area contributed by atoms with Crippen molar-refractivity contribution < 1.29 is 14.6 Å². The molecule has 0 bridgehead atoms. The van der Waals surface area contributed by atoms with E-state index in [0.29, 0.717) is 6.61 Å². The Morgan fingerprint density at radius 3 is 2.86 bits per heavy atom. The summed E-state index contributed by atoms with van der Waals surface area (Å²) >= 11 is 0. The Kier molecular flexibility index (Phi) is 6.66. The molecule has 82 valence electrons. The van der Waals surface area contributed by atoms with Gasteiger partial charge in [-0.1, -0.05) is 12.2 Å². The molecule has 14 heavy (non-hydrogen) atoms. The molecule has 1 heterocycles. The van der Waals surface area contributed by atoms with Gasteiger partial charge in [-0.3, -0.25) is 0 Å². The highest BCUT2D eigenvalue weighted by Gasteiger charge is 2.12. The van der Waals surface area contributed by atoms with Crippen LogP contribution in [-0.4, -0.2) is 31.2 Å². The van der Waals surface area contributed by atoms with E-state index in [1.165, 1.54) is 6.42 Å². The number of ether oxygens (including phenoxy) is 2. The molecule has 1 fully saturated rings. The van der Waals surface area contributed by atoms with Crippen LogP contribution >= 0.6 is 0 Å². The molecule has 1 aliphatic heterocycles. The van der Waals surface area contributed by atoms with Crippen molar-refractivity contribution in [3.05, 3.63) is 12.2 Å². The molecule has 1 rings (SSSR count). The number of hydrogen-bond donors (Lipinski definition) is 1. The third kappa shape index (κ3) is 5.37. The van der Waals surface area contributed by atoms with Crippen LogP contribution in [0.25, 0.3) is 0 Å². The maximum absolute atomic E-state index is 8.52. The van der Waals surface area contributed by atoms with Crippen molar-refractivity contribution in [2.75, 3.05) is 19.8 Å². The van der Waals surface area contributed by atoms with Crippen LogP contribution < -0.4 is 0 Å². The van der Waals surface area contributed by atoms with E-state index in [9.17, 15) is 0 Å². The summed E-state index contributed by atoms with van der Waals surface area (Å²) in [5.41, 5.74) is 0. The summed E-state index contributed by atoms with van der Waals surface area (Å²) in [5, 5.41) is 8.52. The lowest BCUT2D eigenvalue weighted by Gasteiger charge is -2.22. The van der Waals surface area contributed by atoms with E-state index in [1.807, 2.05) is 12.2 Å². The zero-order valence-corrected chi connectivity index (χ0v) is 8.65. The molecule has 0 radical (unpaired) electrons. The van der Waals surface area contributed by atoms with Gasteiger partial charge in [-0.2, -0.15) is 0 Å². The first-order valence-corrected chi connectivity index (χ1v) is 5.42. The lowest BCUT2D eigenvalue weighted by molar-refractivity contribution is -0.161. The molecule has 3 heteroatoms. The Labute approximate surface area is 85.7 Å². The quantitative estimate of drug-likeness (QED) is 0.525. The average molecular weight is 200 g/mol. The highest BCUT2D eigenvalue weighted by atomic mass is 16.7. The van der Waals surface area contributed by atoms with Gasteiger partial charge in [0.1, 0.15) is 0 Å². The molecular formula is C11H20O3. The van der Waals surface area contributed by atoms with Gasteiger partial charge in [-0.15, -0.1) is 0 Å². The van der Waals surface area contributed by atoms with Gasteiger partial charge in [0.25, 0.3) is 0 Å². The van der Waals surface area contributed by atoms with Crippen LogP contribution in [0.1, 0.15) is 32.1 Å². The molecule has 0 saturated carbocycles. The molecule has 0 spiro atoms. The number of rotatable bonds is 6. The van der Waals surface area contributed by atoms with Crippen molar-refractivity contribution in [3.63, 3.8) is 0 Å². The van der Waals surface area contributed by atoms with Gasteiger partial charge in [0.15, 0.2) is 6.29 Å². The van der Waals surface area contributed by atoms with Gasteiger partial charge in [0.2, 0.25) is 0 Å². The summed E-state index contributed by atoms with van der Waals surface area (Å²) in [6, 6.07) is 0.